The van der Waals surface area contributed by atoms with Crippen LogP contribution in [-0.4, -0.2) is 41.0 Å². The highest BCUT2D eigenvalue weighted by atomic mass is 16.5. The number of ketones is 1. The zero-order valence-electron chi connectivity index (χ0n) is 17.8. The molecule has 0 spiro atoms. The van der Waals surface area contributed by atoms with E-state index in [9.17, 15) is 14.7 Å². The van der Waals surface area contributed by atoms with Crippen molar-refractivity contribution >= 4 is 22.7 Å². The number of benzene rings is 2. The molecule has 2 heterocycles. The minimum absolute atomic E-state index is 0.00771. The summed E-state index contributed by atoms with van der Waals surface area (Å²) in [6, 6.07) is 15.8. The van der Waals surface area contributed by atoms with Gasteiger partial charge in [0.05, 0.1) is 24.3 Å². The van der Waals surface area contributed by atoms with Crippen LogP contribution in [0.2, 0.25) is 0 Å². The Balaban J connectivity index is 1.75. The zero-order chi connectivity index (χ0) is 22.1. The smallest absolute Gasteiger partial charge is 0.290 e. The molecule has 1 N–H and O–H groups in total. The summed E-state index contributed by atoms with van der Waals surface area (Å²) in [4.78, 5) is 27.9. The van der Waals surface area contributed by atoms with Gasteiger partial charge in [-0.3, -0.25) is 9.59 Å². The molecular weight excluding hydrogens is 394 g/mol. The first-order chi connectivity index (χ1) is 14.9. The van der Waals surface area contributed by atoms with Crippen LogP contribution < -0.4 is 0 Å². The molecule has 1 aliphatic rings. The largest absolute Gasteiger partial charge is 0.503 e. The molecule has 1 amide bonds. The van der Waals surface area contributed by atoms with E-state index in [0.29, 0.717) is 12.2 Å². The van der Waals surface area contributed by atoms with Gasteiger partial charge in [-0.2, -0.15) is 0 Å². The molecule has 2 aromatic carbocycles. The number of rotatable bonds is 7. The Labute approximate surface area is 180 Å². The van der Waals surface area contributed by atoms with Crippen LogP contribution in [0.3, 0.4) is 0 Å². The molecule has 1 aromatic heterocycles. The van der Waals surface area contributed by atoms with Crippen LogP contribution in [0.5, 0.6) is 0 Å². The van der Waals surface area contributed by atoms with Crippen LogP contribution in [0.4, 0.5) is 0 Å². The van der Waals surface area contributed by atoms with Crippen LogP contribution in [0.15, 0.2) is 70.3 Å². The molecule has 0 saturated carbocycles. The quantitative estimate of drug-likeness (QED) is 0.559. The van der Waals surface area contributed by atoms with Crippen molar-refractivity contribution in [2.75, 3.05) is 13.2 Å². The van der Waals surface area contributed by atoms with Gasteiger partial charge in [0.2, 0.25) is 5.78 Å². The van der Waals surface area contributed by atoms with E-state index in [1.54, 1.807) is 12.1 Å². The van der Waals surface area contributed by atoms with Gasteiger partial charge in [0.25, 0.3) is 5.91 Å². The van der Waals surface area contributed by atoms with Gasteiger partial charge in [0.1, 0.15) is 5.58 Å². The number of carbonyl (C=O) groups excluding carboxylic acids is 2. The summed E-state index contributed by atoms with van der Waals surface area (Å²) in [6.45, 7) is 6.31. The first kappa shape index (κ1) is 20.9. The van der Waals surface area contributed by atoms with Crippen LogP contribution in [0.25, 0.3) is 11.0 Å². The summed E-state index contributed by atoms with van der Waals surface area (Å²) in [5.41, 5.74) is 2.34. The Morgan fingerprint density at radius 3 is 2.65 bits per heavy atom. The lowest BCUT2D eigenvalue weighted by molar-refractivity contribution is -0.130. The number of hydrogen-bond donors (Lipinski definition) is 1. The number of aryl methyl sites for hydroxylation is 1. The summed E-state index contributed by atoms with van der Waals surface area (Å²) in [6.07, 6.45) is 0.00771. The van der Waals surface area contributed by atoms with Gasteiger partial charge < -0.3 is 19.2 Å². The van der Waals surface area contributed by atoms with Crippen LogP contribution in [-0.2, 0) is 9.53 Å². The van der Waals surface area contributed by atoms with Crippen molar-refractivity contribution in [1.29, 1.82) is 0 Å². The second-order valence-electron chi connectivity index (χ2n) is 7.97. The predicted octanol–water partition coefficient (Wildman–Crippen LogP) is 4.74. The lowest BCUT2D eigenvalue weighted by atomic mass is 9.94. The minimum atomic E-state index is -0.719. The predicted molar refractivity (Wildman–Crippen MR) is 117 cm³/mol. The fourth-order valence-corrected chi connectivity index (χ4v) is 3.92. The van der Waals surface area contributed by atoms with E-state index in [1.165, 1.54) is 4.90 Å². The van der Waals surface area contributed by atoms with Gasteiger partial charge in [-0.05, 0) is 38.5 Å². The van der Waals surface area contributed by atoms with Crippen molar-refractivity contribution in [2.24, 2.45) is 0 Å². The number of carbonyl (C=O) groups is 2. The number of amides is 1. The second kappa shape index (κ2) is 8.40. The maximum Gasteiger partial charge on any atom is 0.290 e. The number of aliphatic hydroxyl groups excluding tert-OH is 1. The van der Waals surface area contributed by atoms with E-state index in [-0.39, 0.29) is 24.0 Å². The molecule has 0 aliphatic carbocycles. The number of furan rings is 1. The third-order valence-electron chi connectivity index (χ3n) is 5.34. The standard InChI is InChI=1S/C25H25NO5/c1-15(2)30-12-11-26-22(18-9-6-7-16(3)13-18)21(24(28)25(26)29)23(27)20-14-17-8-4-5-10-19(17)31-20/h4-10,13-15,22,28H,11-12H2,1-3H3. The average Bonchev–Trinajstić information content (AvgIpc) is 3.28. The Kier molecular flexibility index (Phi) is 5.65. The Hall–Kier alpha value is -3.38. The SMILES string of the molecule is Cc1cccc(C2C(C(=O)c3cc4ccccc4o3)=C(O)C(=O)N2CCOC(C)C)c1. The van der Waals surface area contributed by atoms with Crippen molar-refractivity contribution in [3.05, 3.63) is 82.8 Å². The van der Waals surface area contributed by atoms with Crippen molar-refractivity contribution in [3.63, 3.8) is 0 Å². The van der Waals surface area contributed by atoms with Gasteiger partial charge in [-0.15, -0.1) is 0 Å². The van der Waals surface area contributed by atoms with Crippen molar-refractivity contribution in [3.8, 4) is 0 Å². The fraction of sp³-hybridized carbons (Fsp3) is 0.280. The van der Waals surface area contributed by atoms with Gasteiger partial charge in [0, 0.05) is 11.9 Å². The highest BCUT2D eigenvalue weighted by molar-refractivity contribution is 6.16. The van der Waals surface area contributed by atoms with Crippen molar-refractivity contribution < 1.29 is 23.8 Å². The lowest BCUT2D eigenvalue weighted by Crippen LogP contribution is -2.34. The number of aliphatic hydroxyl groups is 1. The highest BCUT2D eigenvalue weighted by Gasteiger charge is 2.44. The minimum Gasteiger partial charge on any atom is -0.503 e. The molecule has 0 fully saturated rings. The van der Waals surface area contributed by atoms with Crippen molar-refractivity contribution in [1.82, 2.24) is 4.90 Å². The molecule has 6 heteroatoms. The normalized spacial score (nSPS) is 16.7. The van der Waals surface area contributed by atoms with E-state index in [4.69, 9.17) is 9.15 Å². The summed E-state index contributed by atoms with van der Waals surface area (Å²) < 4.78 is 11.4. The molecule has 0 bridgehead atoms. The Morgan fingerprint density at radius 2 is 1.94 bits per heavy atom. The summed E-state index contributed by atoms with van der Waals surface area (Å²) in [7, 11) is 0. The molecular formula is C25H25NO5. The molecule has 31 heavy (non-hydrogen) atoms. The maximum absolute atomic E-state index is 13.4. The Morgan fingerprint density at radius 1 is 1.16 bits per heavy atom. The number of nitrogens with zero attached hydrogens (tertiary/aromatic N) is 1. The maximum atomic E-state index is 13.4. The zero-order valence-corrected chi connectivity index (χ0v) is 17.8. The second-order valence-corrected chi connectivity index (χ2v) is 7.97. The molecule has 0 saturated heterocycles. The number of fused-ring (bicyclic) bond motifs is 1. The first-order valence-corrected chi connectivity index (χ1v) is 10.3. The van der Waals surface area contributed by atoms with E-state index < -0.39 is 23.5 Å². The van der Waals surface area contributed by atoms with E-state index in [2.05, 4.69) is 0 Å². The number of Topliss-reactive ketones (excluding diaryl/α,β-unsaturated/α-hetero) is 1. The van der Waals surface area contributed by atoms with Gasteiger partial charge in [0.15, 0.2) is 11.5 Å². The number of para-hydroxylation sites is 1. The fourth-order valence-electron chi connectivity index (χ4n) is 3.92. The lowest BCUT2D eigenvalue weighted by Gasteiger charge is -2.27. The van der Waals surface area contributed by atoms with Gasteiger partial charge in [-0.1, -0.05) is 48.0 Å². The third kappa shape index (κ3) is 3.99. The van der Waals surface area contributed by atoms with Crippen molar-refractivity contribution in [2.45, 2.75) is 32.9 Å². The summed E-state index contributed by atoms with van der Waals surface area (Å²) in [5.74, 6) is -1.53. The molecule has 1 unspecified atom stereocenters. The van der Waals surface area contributed by atoms with Gasteiger partial charge in [-0.25, -0.2) is 0 Å². The van der Waals surface area contributed by atoms with E-state index >= 15 is 0 Å². The molecule has 4 rings (SSSR count). The molecule has 1 aliphatic heterocycles. The Bertz CT molecular complexity index is 1140. The number of hydrogen-bond acceptors (Lipinski definition) is 5. The van der Waals surface area contributed by atoms with Crippen LogP contribution in [0.1, 0.15) is 41.6 Å². The van der Waals surface area contributed by atoms with E-state index in [1.807, 2.05) is 63.2 Å². The van der Waals surface area contributed by atoms with E-state index in [0.717, 1.165) is 16.5 Å². The van der Waals surface area contributed by atoms with Crippen LogP contribution in [0, 0.1) is 6.92 Å². The molecule has 3 aromatic rings. The highest BCUT2D eigenvalue weighted by Crippen LogP contribution is 2.39. The first-order valence-electron chi connectivity index (χ1n) is 10.3. The van der Waals surface area contributed by atoms with Crippen LogP contribution >= 0.6 is 0 Å². The molecule has 6 nitrogen and oxygen atoms in total. The monoisotopic (exact) mass is 419 g/mol. The molecule has 0 radical (unpaired) electrons. The average molecular weight is 419 g/mol. The molecule has 160 valence electrons. The number of ether oxygens (including phenoxy) is 1. The third-order valence-corrected chi connectivity index (χ3v) is 5.34. The topological polar surface area (TPSA) is 80.0 Å². The summed E-state index contributed by atoms with van der Waals surface area (Å²) >= 11 is 0. The molecule has 1 atom stereocenters. The summed E-state index contributed by atoms with van der Waals surface area (Å²) in [5, 5.41) is 11.5. The van der Waals surface area contributed by atoms with Gasteiger partial charge >= 0.3 is 0 Å².